The van der Waals surface area contributed by atoms with Gasteiger partial charge in [-0.15, -0.1) is 0 Å². The summed E-state index contributed by atoms with van der Waals surface area (Å²) in [6.07, 6.45) is 3.28. The van der Waals surface area contributed by atoms with Crippen molar-refractivity contribution in [2.75, 3.05) is 0 Å². The number of H-pyrrole nitrogens is 1. The van der Waals surface area contributed by atoms with Crippen LogP contribution < -0.4 is 10.7 Å². The van der Waals surface area contributed by atoms with Crippen LogP contribution in [-0.2, 0) is 0 Å². The summed E-state index contributed by atoms with van der Waals surface area (Å²) in [7, 11) is 0. The Morgan fingerprint density at radius 3 is 2.95 bits per heavy atom. The van der Waals surface area contributed by atoms with E-state index in [0.29, 0.717) is 16.8 Å². The number of aromatic nitrogens is 2. The van der Waals surface area contributed by atoms with E-state index in [1.54, 1.807) is 43.6 Å². The molecule has 0 aliphatic heterocycles. The first-order chi connectivity index (χ1) is 10.1. The minimum Gasteiger partial charge on any atom is -0.451 e. The predicted octanol–water partition coefficient (Wildman–Crippen LogP) is 2.01. The fraction of sp³-hybridized carbons (Fsp3) is 0.133. The van der Waals surface area contributed by atoms with Gasteiger partial charge in [0.15, 0.2) is 11.2 Å². The second-order valence-electron chi connectivity index (χ2n) is 4.64. The van der Waals surface area contributed by atoms with Gasteiger partial charge in [0.2, 0.25) is 0 Å². The van der Waals surface area contributed by atoms with E-state index in [1.807, 2.05) is 0 Å². The van der Waals surface area contributed by atoms with Crippen molar-refractivity contribution in [1.29, 1.82) is 0 Å². The van der Waals surface area contributed by atoms with Gasteiger partial charge < -0.3 is 14.7 Å². The molecular formula is C15H13N3O3. The van der Waals surface area contributed by atoms with Crippen molar-refractivity contribution in [1.82, 2.24) is 15.3 Å². The van der Waals surface area contributed by atoms with Crippen molar-refractivity contribution in [3.63, 3.8) is 0 Å². The highest BCUT2D eigenvalue weighted by molar-refractivity contribution is 5.93. The second-order valence-corrected chi connectivity index (χ2v) is 4.64. The molecule has 0 radical (unpaired) electrons. The summed E-state index contributed by atoms with van der Waals surface area (Å²) in [6, 6.07) is 7.70. The lowest BCUT2D eigenvalue weighted by Gasteiger charge is -2.11. The second kappa shape index (κ2) is 5.24. The zero-order chi connectivity index (χ0) is 14.8. The minimum absolute atomic E-state index is 0.0166. The molecule has 0 spiro atoms. The topological polar surface area (TPSA) is 88.0 Å². The molecule has 6 heteroatoms. The molecule has 0 saturated heterocycles. The fourth-order valence-corrected chi connectivity index (χ4v) is 2.07. The summed E-state index contributed by atoms with van der Waals surface area (Å²) >= 11 is 0. The van der Waals surface area contributed by atoms with E-state index in [4.69, 9.17) is 4.42 Å². The number of aromatic amines is 1. The molecule has 3 aromatic rings. The summed E-state index contributed by atoms with van der Waals surface area (Å²) in [5.41, 5.74) is 0.147. The van der Waals surface area contributed by atoms with Crippen molar-refractivity contribution < 1.29 is 9.21 Å². The molecule has 0 aliphatic carbocycles. The number of nitrogens with one attached hydrogen (secondary N) is 2. The summed E-state index contributed by atoms with van der Waals surface area (Å²) < 4.78 is 5.48. The zero-order valence-electron chi connectivity index (χ0n) is 11.3. The molecule has 1 amide bonds. The van der Waals surface area contributed by atoms with Crippen molar-refractivity contribution in [3.8, 4) is 0 Å². The number of para-hydroxylation sites is 1. The minimum atomic E-state index is -0.457. The van der Waals surface area contributed by atoms with Gasteiger partial charge in [-0.1, -0.05) is 12.1 Å². The number of carbonyl (C=O) groups is 1. The van der Waals surface area contributed by atoms with Crippen LogP contribution in [0, 0.1) is 0 Å². The van der Waals surface area contributed by atoms with Crippen LogP contribution in [-0.4, -0.2) is 15.9 Å². The normalized spacial score (nSPS) is 12.2. The first-order valence-corrected chi connectivity index (χ1v) is 6.48. The van der Waals surface area contributed by atoms with Gasteiger partial charge >= 0.3 is 0 Å². The van der Waals surface area contributed by atoms with Gasteiger partial charge in [-0.2, -0.15) is 0 Å². The quantitative estimate of drug-likeness (QED) is 0.769. The predicted molar refractivity (Wildman–Crippen MR) is 77.0 cm³/mol. The molecule has 21 heavy (non-hydrogen) atoms. The molecule has 0 saturated carbocycles. The van der Waals surface area contributed by atoms with E-state index >= 15 is 0 Å². The maximum atomic E-state index is 12.2. The molecule has 1 aromatic carbocycles. The third kappa shape index (κ3) is 2.55. The number of nitrogens with zero attached hydrogens (tertiary/aromatic N) is 1. The zero-order valence-corrected chi connectivity index (χ0v) is 11.3. The van der Waals surface area contributed by atoms with E-state index in [9.17, 15) is 9.59 Å². The Balaban J connectivity index is 1.90. The molecule has 1 unspecified atom stereocenters. The first-order valence-electron chi connectivity index (χ1n) is 6.48. The van der Waals surface area contributed by atoms with Crippen LogP contribution in [0.1, 0.15) is 29.3 Å². The molecule has 2 heterocycles. The first kappa shape index (κ1) is 13.1. The van der Waals surface area contributed by atoms with Gasteiger partial charge in [-0.05, 0) is 19.1 Å². The SMILES string of the molecule is CC(NC(=O)c1cc(=O)c2ccccc2o1)c1ncc[nH]1. The van der Waals surface area contributed by atoms with Crippen molar-refractivity contribution in [2.45, 2.75) is 13.0 Å². The summed E-state index contributed by atoms with van der Waals surface area (Å²) in [5, 5.41) is 3.18. The number of hydrogen-bond acceptors (Lipinski definition) is 4. The third-order valence-corrected chi connectivity index (χ3v) is 3.14. The van der Waals surface area contributed by atoms with Gasteiger partial charge in [0.25, 0.3) is 5.91 Å². The molecule has 0 bridgehead atoms. The van der Waals surface area contributed by atoms with Gasteiger partial charge in [0.1, 0.15) is 11.4 Å². The van der Waals surface area contributed by atoms with Crippen molar-refractivity contribution >= 4 is 16.9 Å². The monoisotopic (exact) mass is 283 g/mol. The standard InChI is InChI=1S/C15H13N3O3/c1-9(14-16-6-7-17-14)18-15(20)13-8-11(19)10-4-2-3-5-12(10)21-13/h2-9H,1H3,(H,16,17)(H,18,20). The number of fused-ring (bicyclic) bond motifs is 1. The molecular weight excluding hydrogens is 270 g/mol. The molecule has 0 aliphatic rings. The molecule has 1 atom stereocenters. The largest absolute Gasteiger partial charge is 0.451 e. The lowest BCUT2D eigenvalue weighted by molar-refractivity contribution is 0.0911. The van der Waals surface area contributed by atoms with E-state index in [1.165, 1.54) is 6.07 Å². The lowest BCUT2D eigenvalue weighted by Crippen LogP contribution is -2.28. The Labute approximate surface area is 119 Å². The number of carbonyl (C=O) groups excluding carboxylic acids is 1. The van der Waals surface area contributed by atoms with Gasteiger partial charge in [-0.3, -0.25) is 9.59 Å². The fourth-order valence-electron chi connectivity index (χ4n) is 2.07. The van der Waals surface area contributed by atoms with E-state index in [0.717, 1.165) is 0 Å². The van der Waals surface area contributed by atoms with Crippen LogP contribution in [0.3, 0.4) is 0 Å². The van der Waals surface area contributed by atoms with Crippen LogP contribution >= 0.6 is 0 Å². The number of benzene rings is 1. The van der Waals surface area contributed by atoms with Crippen molar-refractivity contribution in [2.24, 2.45) is 0 Å². The van der Waals surface area contributed by atoms with Crippen LogP contribution in [0.4, 0.5) is 0 Å². The Kier molecular flexibility index (Phi) is 3.27. The van der Waals surface area contributed by atoms with Gasteiger partial charge in [0, 0.05) is 18.5 Å². The summed E-state index contributed by atoms with van der Waals surface area (Å²) in [5.74, 6) is 0.158. The highest BCUT2D eigenvalue weighted by atomic mass is 16.3. The Hall–Kier alpha value is -2.89. The molecule has 0 fully saturated rings. The molecule has 6 nitrogen and oxygen atoms in total. The maximum absolute atomic E-state index is 12.2. The molecule has 106 valence electrons. The summed E-state index contributed by atoms with van der Waals surface area (Å²) in [4.78, 5) is 31.1. The lowest BCUT2D eigenvalue weighted by atomic mass is 10.2. The smallest absolute Gasteiger partial charge is 0.287 e. The number of rotatable bonds is 3. The number of amides is 1. The van der Waals surface area contributed by atoms with Crippen LogP contribution in [0.5, 0.6) is 0 Å². The average Bonchev–Trinajstić information content (AvgIpc) is 3.01. The van der Waals surface area contributed by atoms with Gasteiger partial charge in [-0.25, -0.2) is 4.98 Å². The molecule has 3 rings (SSSR count). The van der Waals surface area contributed by atoms with Crippen LogP contribution in [0.15, 0.2) is 51.9 Å². The van der Waals surface area contributed by atoms with Gasteiger partial charge in [0.05, 0.1) is 11.4 Å². The Bertz CT molecular complexity index is 837. The van der Waals surface area contributed by atoms with E-state index < -0.39 is 5.91 Å². The molecule has 2 N–H and O–H groups in total. The maximum Gasteiger partial charge on any atom is 0.287 e. The Morgan fingerprint density at radius 1 is 1.38 bits per heavy atom. The molecule has 2 aromatic heterocycles. The highest BCUT2D eigenvalue weighted by Gasteiger charge is 2.16. The van der Waals surface area contributed by atoms with E-state index in [2.05, 4.69) is 15.3 Å². The highest BCUT2D eigenvalue weighted by Crippen LogP contribution is 2.13. The average molecular weight is 283 g/mol. The van der Waals surface area contributed by atoms with E-state index in [-0.39, 0.29) is 17.2 Å². The Morgan fingerprint density at radius 2 is 2.19 bits per heavy atom. The van der Waals surface area contributed by atoms with Crippen LogP contribution in [0.2, 0.25) is 0 Å². The summed E-state index contributed by atoms with van der Waals surface area (Å²) in [6.45, 7) is 1.79. The van der Waals surface area contributed by atoms with Crippen molar-refractivity contribution in [3.05, 3.63) is 64.5 Å². The van der Waals surface area contributed by atoms with Crippen LogP contribution in [0.25, 0.3) is 11.0 Å². The number of imidazole rings is 1. The number of hydrogen-bond donors (Lipinski definition) is 2. The third-order valence-electron chi connectivity index (χ3n) is 3.14.